The molecule has 0 aliphatic rings. The van der Waals surface area contributed by atoms with E-state index in [1.54, 1.807) is 12.2 Å². The second-order valence-electron chi connectivity index (χ2n) is 8.67. The van der Waals surface area contributed by atoms with Crippen molar-refractivity contribution in [2.24, 2.45) is 5.10 Å². The van der Waals surface area contributed by atoms with E-state index in [-0.39, 0.29) is 0 Å². The summed E-state index contributed by atoms with van der Waals surface area (Å²) in [6.07, 6.45) is 7.88. The van der Waals surface area contributed by atoms with Crippen molar-refractivity contribution in [3.63, 3.8) is 0 Å². The first-order chi connectivity index (χ1) is 19.2. The smallest absolute Gasteiger partial charge is 0.178 e. The maximum Gasteiger partial charge on any atom is 0.178 e. The molecule has 0 bridgehead atoms. The molecule has 3 nitrogen and oxygen atoms in total. The van der Waals surface area contributed by atoms with Crippen LogP contribution in [0.3, 0.4) is 0 Å². The summed E-state index contributed by atoms with van der Waals surface area (Å²) in [6.45, 7) is 3.83. The summed E-state index contributed by atoms with van der Waals surface area (Å²) >= 11 is 0. The molecule has 0 atom stereocenters. The lowest BCUT2D eigenvalue weighted by atomic mass is 10.2. The summed E-state index contributed by atoms with van der Waals surface area (Å²) in [5.41, 5.74) is 4.95. The summed E-state index contributed by atoms with van der Waals surface area (Å²) in [5.74, 6) is 6.27. The zero-order valence-corrected chi connectivity index (χ0v) is 22.8. The Morgan fingerprint density at radius 2 is 1.26 bits per heavy atom. The zero-order chi connectivity index (χ0) is 27.2. The molecule has 0 amide bonds. The fourth-order valence-corrected chi connectivity index (χ4v) is 6.62. The molecule has 4 rings (SSSR count). The third kappa shape index (κ3) is 7.25. The molecule has 4 aromatic carbocycles. The van der Waals surface area contributed by atoms with Crippen LogP contribution in [-0.4, -0.2) is 6.21 Å². The summed E-state index contributed by atoms with van der Waals surface area (Å²) in [4.78, 5) is 0. The molecule has 0 saturated heterocycles. The van der Waals surface area contributed by atoms with Gasteiger partial charge in [0.25, 0.3) is 0 Å². The predicted molar refractivity (Wildman–Crippen MR) is 167 cm³/mol. The van der Waals surface area contributed by atoms with E-state index in [2.05, 4.69) is 24.2 Å². The number of para-hydroxylation sites is 2. The number of hydrogen-bond acceptors (Lipinski definition) is 3. The predicted octanol–water partition coefficient (Wildman–Crippen LogP) is 8.22. The van der Waals surface area contributed by atoms with Gasteiger partial charge in [-0.3, -0.25) is 0 Å². The largest absolute Gasteiger partial charge is 0.308 e. The average Bonchev–Trinajstić information content (AvgIpc) is 3.01. The molecule has 4 aromatic rings. The molecule has 0 heterocycles. The van der Waals surface area contributed by atoms with E-state index in [1.807, 2.05) is 133 Å². The van der Waals surface area contributed by atoms with Crippen LogP contribution in [0.5, 0.6) is 0 Å². The van der Waals surface area contributed by atoms with Crippen LogP contribution in [0.4, 0.5) is 11.4 Å². The number of hydrazone groups is 1. The molecule has 0 aliphatic heterocycles. The number of hydrogen-bond donors (Lipinski definition) is 0. The minimum atomic E-state index is -3.10. The first kappa shape index (κ1) is 27.4. The Morgan fingerprint density at radius 1 is 0.769 bits per heavy atom. The Hall–Kier alpha value is -4.60. The van der Waals surface area contributed by atoms with Crippen LogP contribution >= 0.6 is 7.14 Å². The monoisotopic (exact) mass is 526 g/mol. The van der Waals surface area contributed by atoms with Crippen LogP contribution in [0.25, 0.3) is 0 Å². The molecule has 4 heteroatoms. The van der Waals surface area contributed by atoms with E-state index in [9.17, 15) is 4.57 Å². The molecule has 0 spiro atoms. The highest BCUT2D eigenvalue weighted by Gasteiger charge is 2.30. The van der Waals surface area contributed by atoms with Gasteiger partial charge in [-0.2, -0.15) is 5.10 Å². The van der Waals surface area contributed by atoms with E-state index in [4.69, 9.17) is 5.10 Å². The van der Waals surface area contributed by atoms with Crippen LogP contribution in [0.15, 0.2) is 156 Å². The highest BCUT2D eigenvalue weighted by molar-refractivity contribution is 7.82. The summed E-state index contributed by atoms with van der Waals surface area (Å²) < 4.78 is 14.4. The van der Waals surface area contributed by atoms with E-state index < -0.39 is 7.14 Å². The molecule has 0 fully saturated rings. The van der Waals surface area contributed by atoms with E-state index >= 15 is 0 Å². The van der Waals surface area contributed by atoms with Gasteiger partial charge in [0.05, 0.1) is 16.7 Å². The lowest BCUT2D eigenvalue weighted by molar-refractivity contribution is 0.591. The van der Waals surface area contributed by atoms with Gasteiger partial charge in [-0.05, 0) is 49.3 Å². The normalized spacial score (nSPS) is 11.1. The molecular formula is C35H31N2OP. The lowest BCUT2D eigenvalue weighted by Gasteiger charge is -2.19. The Balaban J connectivity index is 1.38. The maximum atomic E-state index is 14.4. The molecule has 39 heavy (non-hydrogen) atoms. The molecule has 192 valence electrons. The summed E-state index contributed by atoms with van der Waals surface area (Å²) in [5, 5.41) is 8.70. The molecule has 0 radical (unpaired) electrons. The molecule has 0 aromatic heterocycles. The number of benzene rings is 4. The third-order valence-electron chi connectivity index (χ3n) is 6.02. The van der Waals surface area contributed by atoms with Gasteiger partial charge in [0.1, 0.15) is 0 Å². The Bertz CT molecular complexity index is 1460. The van der Waals surface area contributed by atoms with Crippen LogP contribution < -0.4 is 15.6 Å². The van der Waals surface area contributed by atoms with E-state index in [1.165, 1.54) is 0 Å². The van der Waals surface area contributed by atoms with Crippen molar-refractivity contribution in [2.75, 3.05) is 5.01 Å². The average molecular weight is 527 g/mol. The maximum absolute atomic E-state index is 14.4. The molecular weight excluding hydrogens is 495 g/mol. The number of anilines is 2. The summed E-state index contributed by atoms with van der Waals surface area (Å²) in [7, 11) is -3.10. The van der Waals surface area contributed by atoms with Gasteiger partial charge in [-0.25, -0.2) is 5.01 Å². The minimum absolute atomic E-state index is 0.545. The van der Waals surface area contributed by atoms with Crippen molar-refractivity contribution in [2.45, 2.75) is 19.3 Å². The van der Waals surface area contributed by atoms with Gasteiger partial charge in [0, 0.05) is 23.2 Å². The van der Waals surface area contributed by atoms with Gasteiger partial charge in [0.15, 0.2) is 7.14 Å². The van der Waals surface area contributed by atoms with E-state index in [0.29, 0.717) is 5.31 Å². The quantitative estimate of drug-likeness (QED) is 0.0397. The third-order valence-corrected chi connectivity index (χ3v) is 9.06. The lowest BCUT2D eigenvalue weighted by Crippen LogP contribution is -2.16. The van der Waals surface area contributed by atoms with Gasteiger partial charge in [-0.1, -0.05) is 115 Å². The second kappa shape index (κ2) is 14.4. The SMILES string of the molecule is C=C=C(/C=C\C#CCCC/C=N/N(c1ccccc1)c1ccccc1)P(=O)(c1ccccc1)c1ccccc1. The number of nitrogens with zero attached hydrogens (tertiary/aromatic N) is 2. The zero-order valence-electron chi connectivity index (χ0n) is 21.9. The standard InChI is InChI=1S/C35H31N2OP/c1-2-33(39(38,34-26-16-9-17-27-34)35-28-18-10-19-29-35)25-15-5-3-4-6-20-30-36-37(31-21-11-7-12-22-31)32-23-13-8-14-24-32/h7-19,21-30H,1,4,6,20H2/b25-15-,36-30+. The Morgan fingerprint density at radius 3 is 1.74 bits per heavy atom. The first-order valence-electron chi connectivity index (χ1n) is 12.9. The second-order valence-corrected chi connectivity index (χ2v) is 11.4. The summed E-state index contributed by atoms with van der Waals surface area (Å²) in [6, 6.07) is 39.2. The van der Waals surface area contributed by atoms with Crippen molar-refractivity contribution in [1.29, 1.82) is 0 Å². The first-order valence-corrected chi connectivity index (χ1v) is 14.6. The molecule has 0 saturated carbocycles. The topological polar surface area (TPSA) is 32.7 Å². The minimum Gasteiger partial charge on any atom is -0.308 e. The Labute approximate surface area is 231 Å². The fourth-order valence-electron chi connectivity index (χ4n) is 4.07. The van der Waals surface area contributed by atoms with Crippen molar-refractivity contribution in [3.05, 3.63) is 151 Å². The van der Waals surface area contributed by atoms with E-state index in [0.717, 1.165) is 41.2 Å². The van der Waals surface area contributed by atoms with Gasteiger partial charge < -0.3 is 4.57 Å². The highest BCUT2D eigenvalue weighted by atomic mass is 31.2. The van der Waals surface area contributed by atoms with Crippen molar-refractivity contribution < 1.29 is 4.57 Å². The Kier molecular flexibility index (Phi) is 10.1. The van der Waals surface area contributed by atoms with Crippen LogP contribution in [0.2, 0.25) is 0 Å². The number of allylic oxidation sites excluding steroid dienone is 3. The molecule has 0 N–H and O–H groups in total. The van der Waals surface area contributed by atoms with Crippen LogP contribution in [0, 0.1) is 11.8 Å². The highest BCUT2D eigenvalue weighted by Crippen LogP contribution is 2.51. The van der Waals surface area contributed by atoms with Crippen molar-refractivity contribution in [3.8, 4) is 11.8 Å². The molecule has 0 unspecified atom stereocenters. The number of unbranched alkanes of at least 4 members (excludes halogenated alkanes) is 2. The number of rotatable bonds is 10. The van der Waals surface area contributed by atoms with Crippen LogP contribution in [-0.2, 0) is 4.57 Å². The fraction of sp³-hybridized carbons (Fsp3) is 0.0857. The van der Waals surface area contributed by atoms with Gasteiger partial charge in [-0.15, -0.1) is 5.73 Å². The van der Waals surface area contributed by atoms with Gasteiger partial charge in [0.2, 0.25) is 0 Å². The van der Waals surface area contributed by atoms with Crippen molar-refractivity contribution >= 4 is 35.3 Å². The van der Waals surface area contributed by atoms with Crippen LogP contribution in [0.1, 0.15) is 19.3 Å². The van der Waals surface area contributed by atoms with Crippen molar-refractivity contribution in [1.82, 2.24) is 0 Å². The molecule has 0 aliphatic carbocycles. The van der Waals surface area contributed by atoms with Gasteiger partial charge >= 0.3 is 0 Å².